The van der Waals surface area contributed by atoms with Gasteiger partial charge in [0.05, 0.1) is 6.61 Å². The lowest BCUT2D eigenvalue weighted by atomic mass is 10.1. The Labute approximate surface area is 137 Å². The summed E-state index contributed by atoms with van der Waals surface area (Å²) in [4.78, 5) is 23.1. The Morgan fingerprint density at radius 2 is 1.14 bits per heavy atom. The molecule has 3 heteroatoms. The molecule has 0 aromatic rings. The number of hydrogen-bond acceptors (Lipinski definition) is 3. The predicted molar refractivity (Wildman–Crippen MR) is 92.0 cm³/mol. The molecule has 0 radical (unpaired) electrons. The number of esters is 1. The van der Waals surface area contributed by atoms with E-state index in [1.807, 2.05) is 0 Å². The van der Waals surface area contributed by atoms with Gasteiger partial charge in [0.2, 0.25) is 0 Å². The van der Waals surface area contributed by atoms with E-state index < -0.39 is 0 Å². The Balaban J connectivity index is 3.32. The third kappa shape index (κ3) is 15.5. The van der Waals surface area contributed by atoms with Gasteiger partial charge in [-0.15, -0.1) is 0 Å². The zero-order chi connectivity index (χ0) is 16.5. The van der Waals surface area contributed by atoms with Crippen molar-refractivity contribution in [2.45, 2.75) is 104 Å². The molecule has 0 fully saturated rings. The van der Waals surface area contributed by atoms with Crippen LogP contribution in [-0.2, 0) is 14.3 Å². The number of ketones is 1. The Morgan fingerprint density at radius 1 is 0.636 bits per heavy atom. The third-order valence-corrected chi connectivity index (χ3v) is 3.91. The highest BCUT2D eigenvalue weighted by molar-refractivity contribution is 5.78. The Morgan fingerprint density at radius 3 is 1.73 bits per heavy atom. The van der Waals surface area contributed by atoms with Crippen molar-refractivity contribution >= 4 is 11.8 Å². The van der Waals surface area contributed by atoms with Crippen LogP contribution >= 0.6 is 0 Å². The maximum Gasteiger partial charge on any atom is 0.305 e. The first-order valence-corrected chi connectivity index (χ1v) is 9.38. The molecule has 22 heavy (non-hydrogen) atoms. The normalized spacial score (nSPS) is 10.6. The summed E-state index contributed by atoms with van der Waals surface area (Å²) in [7, 11) is 0. The highest BCUT2D eigenvalue weighted by Crippen LogP contribution is 2.08. The lowest BCUT2D eigenvalue weighted by Crippen LogP contribution is -2.07. The second-order valence-corrected chi connectivity index (χ2v) is 6.19. The fourth-order valence-corrected chi connectivity index (χ4v) is 2.45. The van der Waals surface area contributed by atoms with E-state index in [9.17, 15) is 9.59 Å². The van der Waals surface area contributed by atoms with E-state index in [2.05, 4.69) is 13.8 Å². The van der Waals surface area contributed by atoms with Crippen molar-refractivity contribution in [3.8, 4) is 0 Å². The summed E-state index contributed by atoms with van der Waals surface area (Å²) in [5, 5.41) is 0. The second-order valence-electron chi connectivity index (χ2n) is 6.19. The smallest absolute Gasteiger partial charge is 0.305 e. The van der Waals surface area contributed by atoms with Gasteiger partial charge in [0.25, 0.3) is 0 Å². The summed E-state index contributed by atoms with van der Waals surface area (Å²) in [6, 6.07) is 0. The van der Waals surface area contributed by atoms with E-state index in [-0.39, 0.29) is 5.97 Å². The molecule has 0 aliphatic carbocycles. The molecule has 0 spiro atoms. The monoisotopic (exact) mass is 312 g/mol. The quantitative estimate of drug-likeness (QED) is 0.275. The summed E-state index contributed by atoms with van der Waals surface area (Å²) in [5.41, 5.74) is 0. The van der Waals surface area contributed by atoms with Crippen molar-refractivity contribution in [1.29, 1.82) is 0 Å². The van der Waals surface area contributed by atoms with Crippen LogP contribution in [0.1, 0.15) is 104 Å². The van der Waals surface area contributed by atoms with E-state index in [4.69, 9.17) is 4.74 Å². The van der Waals surface area contributed by atoms with Crippen molar-refractivity contribution in [3.05, 3.63) is 0 Å². The summed E-state index contributed by atoms with van der Waals surface area (Å²) in [6.07, 6.45) is 14.1. The Kier molecular flexibility index (Phi) is 15.9. The summed E-state index contributed by atoms with van der Waals surface area (Å²) in [6.45, 7) is 4.77. The maximum atomic E-state index is 11.7. The minimum Gasteiger partial charge on any atom is -0.466 e. The first-order valence-electron chi connectivity index (χ1n) is 9.38. The topological polar surface area (TPSA) is 43.4 Å². The molecule has 0 N–H and O–H groups in total. The molecule has 0 aliphatic heterocycles. The number of ether oxygens (including phenoxy) is 1. The van der Waals surface area contributed by atoms with E-state index in [1.165, 1.54) is 38.5 Å². The van der Waals surface area contributed by atoms with Crippen LogP contribution in [0, 0.1) is 0 Å². The van der Waals surface area contributed by atoms with Gasteiger partial charge < -0.3 is 4.74 Å². The van der Waals surface area contributed by atoms with Crippen LogP contribution in [0.5, 0.6) is 0 Å². The minimum atomic E-state index is -0.108. The van der Waals surface area contributed by atoms with Crippen LogP contribution < -0.4 is 0 Å². The molecule has 130 valence electrons. The van der Waals surface area contributed by atoms with Crippen molar-refractivity contribution in [2.75, 3.05) is 6.61 Å². The van der Waals surface area contributed by atoms with Gasteiger partial charge in [-0.1, -0.05) is 65.2 Å². The van der Waals surface area contributed by atoms with Crippen LogP contribution in [0.15, 0.2) is 0 Å². The number of rotatable bonds is 16. The van der Waals surface area contributed by atoms with Crippen LogP contribution in [0.3, 0.4) is 0 Å². The summed E-state index contributed by atoms with van der Waals surface area (Å²) < 4.78 is 5.17. The molecule has 0 aromatic carbocycles. The molecule has 0 saturated heterocycles. The van der Waals surface area contributed by atoms with Crippen LogP contribution in [0.4, 0.5) is 0 Å². The van der Waals surface area contributed by atoms with Gasteiger partial charge in [-0.2, -0.15) is 0 Å². The molecule has 0 heterocycles. The maximum absolute atomic E-state index is 11.7. The lowest BCUT2D eigenvalue weighted by molar-refractivity contribution is -0.144. The van der Waals surface area contributed by atoms with Gasteiger partial charge in [0.1, 0.15) is 5.78 Å². The highest BCUT2D eigenvalue weighted by atomic mass is 16.5. The minimum absolute atomic E-state index is 0.108. The first-order chi connectivity index (χ1) is 10.7. The van der Waals surface area contributed by atoms with E-state index in [0.29, 0.717) is 38.1 Å². The number of Topliss-reactive ketones (excluding diaryl/α,β-unsaturated/α-hetero) is 1. The zero-order valence-corrected chi connectivity index (χ0v) is 14.8. The van der Waals surface area contributed by atoms with Gasteiger partial charge >= 0.3 is 5.97 Å². The highest BCUT2D eigenvalue weighted by Gasteiger charge is 2.05. The molecular formula is C19H36O3. The van der Waals surface area contributed by atoms with Crippen LogP contribution in [-0.4, -0.2) is 18.4 Å². The summed E-state index contributed by atoms with van der Waals surface area (Å²) >= 11 is 0. The third-order valence-electron chi connectivity index (χ3n) is 3.91. The largest absolute Gasteiger partial charge is 0.466 e. The molecule has 3 nitrogen and oxygen atoms in total. The SMILES string of the molecule is CCCCCCCC(=O)CCCOC(=O)CCCCCCC. The Hall–Kier alpha value is -0.860. The van der Waals surface area contributed by atoms with Crippen molar-refractivity contribution < 1.29 is 14.3 Å². The van der Waals surface area contributed by atoms with Crippen molar-refractivity contribution in [3.63, 3.8) is 0 Å². The Bertz CT molecular complexity index is 246. The van der Waals surface area contributed by atoms with E-state index >= 15 is 0 Å². The predicted octanol–water partition coefficient (Wildman–Crippen LogP) is 5.60. The number of carbonyl (C=O) groups excluding carboxylic acids is 2. The van der Waals surface area contributed by atoms with Crippen LogP contribution in [0.2, 0.25) is 0 Å². The van der Waals surface area contributed by atoms with Gasteiger partial charge in [0, 0.05) is 19.3 Å². The number of unbranched alkanes of at least 4 members (excludes halogenated alkanes) is 8. The molecule has 0 saturated carbocycles. The van der Waals surface area contributed by atoms with Gasteiger partial charge in [-0.05, 0) is 19.3 Å². The van der Waals surface area contributed by atoms with Gasteiger partial charge in [-0.25, -0.2) is 0 Å². The van der Waals surface area contributed by atoms with E-state index in [0.717, 1.165) is 25.7 Å². The lowest BCUT2D eigenvalue weighted by Gasteiger charge is -2.05. The van der Waals surface area contributed by atoms with Crippen molar-refractivity contribution in [2.24, 2.45) is 0 Å². The average Bonchev–Trinajstić information content (AvgIpc) is 2.51. The van der Waals surface area contributed by atoms with Crippen molar-refractivity contribution in [1.82, 2.24) is 0 Å². The molecule has 0 aromatic heterocycles. The number of hydrogen-bond donors (Lipinski definition) is 0. The molecule has 0 atom stereocenters. The fraction of sp³-hybridized carbons (Fsp3) is 0.895. The molecular weight excluding hydrogens is 276 g/mol. The molecule has 0 unspecified atom stereocenters. The molecule has 0 bridgehead atoms. The fourth-order valence-electron chi connectivity index (χ4n) is 2.45. The standard InChI is InChI=1S/C19H36O3/c1-3-5-7-9-11-14-18(20)15-13-17-22-19(21)16-12-10-8-6-4-2/h3-17H2,1-2H3. The second kappa shape index (κ2) is 16.5. The number of carbonyl (C=O) groups is 2. The summed E-state index contributed by atoms with van der Waals surface area (Å²) in [5.74, 6) is 0.204. The molecule has 0 amide bonds. The molecule has 0 rings (SSSR count). The first kappa shape index (κ1) is 21.1. The van der Waals surface area contributed by atoms with Gasteiger partial charge in [-0.3, -0.25) is 9.59 Å². The molecule has 0 aliphatic rings. The van der Waals surface area contributed by atoms with Gasteiger partial charge in [0.15, 0.2) is 0 Å². The zero-order valence-electron chi connectivity index (χ0n) is 14.8. The van der Waals surface area contributed by atoms with E-state index in [1.54, 1.807) is 0 Å². The average molecular weight is 312 g/mol. The van der Waals surface area contributed by atoms with Crippen LogP contribution in [0.25, 0.3) is 0 Å².